The number of nitrogens with two attached hydrogens (primary N) is 2. The normalized spacial score (nSPS) is 34.3. The molecule has 1 saturated carbocycles. The zero-order chi connectivity index (χ0) is 23.6. The Morgan fingerprint density at radius 1 is 1.29 bits per heavy atom. The number of piperidine rings is 1. The van der Waals surface area contributed by atoms with Gasteiger partial charge in [-0.05, 0) is 61.3 Å². The van der Waals surface area contributed by atoms with Gasteiger partial charge in [0, 0.05) is 30.1 Å². The molecule has 34 heavy (non-hydrogen) atoms. The van der Waals surface area contributed by atoms with Crippen LogP contribution in [0.5, 0.6) is 0 Å². The summed E-state index contributed by atoms with van der Waals surface area (Å²) in [5.74, 6) is 5.37. The van der Waals surface area contributed by atoms with Gasteiger partial charge < -0.3 is 15.5 Å². The minimum atomic E-state index is -0.710. The Hall–Kier alpha value is -2.20. The molecule has 3 heterocycles. The number of aryl methyl sites for hydroxylation is 1. The Morgan fingerprint density at radius 3 is 2.91 bits per heavy atom. The third-order valence-corrected chi connectivity index (χ3v) is 8.83. The van der Waals surface area contributed by atoms with Crippen molar-refractivity contribution in [3.05, 3.63) is 29.3 Å². The highest BCUT2D eigenvalue weighted by Crippen LogP contribution is 2.48. The van der Waals surface area contributed by atoms with Gasteiger partial charge in [0.15, 0.2) is 0 Å². The summed E-state index contributed by atoms with van der Waals surface area (Å²) < 4.78 is 4.75. The first-order chi connectivity index (χ1) is 16.5. The maximum atomic E-state index is 13.4. The molecule has 2 aliphatic carbocycles. The van der Waals surface area contributed by atoms with E-state index in [1.807, 2.05) is 6.07 Å². The second kappa shape index (κ2) is 8.48. The van der Waals surface area contributed by atoms with E-state index in [-0.39, 0.29) is 42.0 Å². The second-order valence-corrected chi connectivity index (χ2v) is 10.8. The maximum absolute atomic E-state index is 13.4. The largest absolute Gasteiger partial charge is 0.330 e. The van der Waals surface area contributed by atoms with Crippen LogP contribution >= 0.6 is 12.0 Å². The number of hydrogen-bond donors (Lipinski definition) is 2. The average molecular weight is 485 g/mol. The van der Waals surface area contributed by atoms with Gasteiger partial charge in [-0.15, -0.1) is 9.32 Å². The van der Waals surface area contributed by atoms with Crippen LogP contribution in [0, 0.1) is 17.2 Å². The Balaban J connectivity index is 1.10. The van der Waals surface area contributed by atoms with Gasteiger partial charge >= 0.3 is 0 Å². The first-order valence-electron chi connectivity index (χ1n) is 11.9. The van der Waals surface area contributed by atoms with E-state index in [0.717, 1.165) is 55.6 Å². The van der Waals surface area contributed by atoms with Crippen molar-refractivity contribution in [1.82, 2.24) is 14.7 Å². The summed E-state index contributed by atoms with van der Waals surface area (Å²) in [6.45, 7) is 1.09. The van der Waals surface area contributed by atoms with Gasteiger partial charge in [0.05, 0.1) is 36.2 Å². The zero-order valence-electron chi connectivity index (χ0n) is 18.7. The molecule has 7 atom stereocenters. The summed E-state index contributed by atoms with van der Waals surface area (Å²) in [6.07, 6.45) is 4.32. The van der Waals surface area contributed by atoms with Gasteiger partial charge in [-0.1, -0.05) is 6.07 Å². The van der Waals surface area contributed by atoms with Crippen LogP contribution in [0.1, 0.15) is 42.9 Å². The van der Waals surface area contributed by atoms with Crippen LogP contribution in [0.15, 0.2) is 23.1 Å². The van der Waals surface area contributed by atoms with Crippen LogP contribution in [0.4, 0.5) is 0 Å². The molecule has 0 radical (unpaired) electrons. The number of piperazine rings is 1. The van der Waals surface area contributed by atoms with Crippen molar-refractivity contribution in [3.8, 4) is 6.07 Å². The number of benzene rings is 1. The van der Waals surface area contributed by atoms with Crippen LogP contribution in [0.25, 0.3) is 0 Å². The van der Waals surface area contributed by atoms with Crippen LogP contribution in [0.2, 0.25) is 0 Å². The summed E-state index contributed by atoms with van der Waals surface area (Å²) in [7, 11) is 0. The van der Waals surface area contributed by atoms with Crippen molar-refractivity contribution in [3.63, 3.8) is 0 Å². The summed E-state index contributed by atoms with van der Waals surface area (Å²) in [5.41, 5.74) is 8.73. The van der Waals surface area contributed by atoms with Crippen LogP contribution in [-0.2, 0) is 25.3 Å². The highest BCUT2D eigenvalue weighted by Gasteiger charge is 2.56. The van der Waals surface area contributed by atoms with Crippen LogP contribution in [-0.4, -0.2) is 69.8 Å². The molecule has 0 spiro atoms. The van der Waals surface area contributed by atoms with Gasteiger partial charge in [0.1, 0.15) is 6.04 Å². The molecule has 0 aromatic heterocycles. The number of carbonyl (C=O) groups excluding carboxylic acids is 2. The second-order valence-electron chi connectivity index (χ2n) is 10.1. The van der Waals surface area contributed by atoms with Crippen LogP contribution in [0.3, 0.4) is 0 Å². The quantitative estimate of drug-likeness (QED) is 0.324. The third kappa shape index (κ3) is 3.52. The molecule has 2 bridgehead atoms. The van der Waals surface area contributed by atoms with E-state index in [4.69, 9.17) is 16.0 Å². The van der Waals surface area contributed by atoms with Crippen molar-refractivity contribution < 1.29 is 18.9 Å². The highest BCUT2D eigenvalue weighted by molar-refractivity contribution is 7.94. The zero-order valence-corrected chi connectivity index (χ0v) is 19.5. The topological polar surface area (TPSA) is 138 Å². The number of rotatable bonds is 7. The summed E-state index contributed by atoms with van der Waals surface area (Å²) in [4.78, 5) is 37.4. The molecule has 4 N–H and O–H groups in total. The lowest BCUT2D eigenvalue weighted by atomic mass is 10.1. The SMILES string of the molecule is N#C[C@@H]1C[C@@H]2C[C@@H]2N1C(=O)[C@@H](N)CN1CC2C[C@H]1C(=O)N2[C@@H]1CCc2cc(SOON)ccc21. The lowest BCUT2D eigenvalue weighted by molar-refractivity contribution is -0.195. The van der Waals surface area contributed by atoms with Gasteiger partial charge in [-0.25, -0.2) is 0 Å². The molecular formula is C23H28N6O4S. The molecule has 6 rings (SSSR count). The molecule has 1 aromatic carbocycles. The van der Waals surface area contributed by atoms with E-state index in [2.05, 4.69) is 33.0 Å². The fourth-order valence-corrected chi connectivity index (χ4v) is 7.11. The Kier molecular flexibility index (Phi) is 5.55. The van der Waals surface area contributed by atoms with Crippen molar-refractivity contribution in [2.24, 2.45) is 17.5 Å². The van der Waals surface area contributed by atoms with E-state index in [1.54, 1.807) is 4.90 Å². The predicted octanol–water partition coefficient (Wildman–Crippen LogP) is 0.628. The molecule has 180 valence electrons. The minimum absolute atomic E-state index is 0.0773. The first kappa shape index (κ1) is 22.3. The monoisotopic (exact) mass is 484 g/mol. The molecule has 1 unspecified atom stereocenters. The lowest BCUT2D eigenvalue weighted by Crippen LogP contribution is -2.57. The fourth-order valence-electron chi connectivity index (χ4n) is 6.68. The molecule has 4 fully saturated rings. The number of fused-ring (bicyclic) bond motifs is 4. The molecule has 2 amide bonds. The Labute approximate surface area is 202 Å². The molecular weight excluding hydrogens is 456 g/mol. The standard InChI is InChI=1S/C23H28N6O4S/c24-9-14-5-13-7-20(13)28(14)22(30)18(25)11-27-10-15-8-21(27)23(31)29(15)19-4-1-12-6-16(34-33-32-26)2-3-17(12)19/h2-3,6,13-15,18-21H,1,4-5,7-8,10-11,25-26H2/t13-,14+,15?,18+,19-,20+,21+/m1/s1. The average Bonchev–Trinajstić information content (AvgIpc) is 3.17. The number of nitriles is 1. The van der Waals surface area contributed by atoms with Gasteiger partial charge in [-0.3, -0.25) is 14.5 Å². The van der Waals surface area contributed by atoms with Crippen molar-refractivity contribution in [1.29, 1.82) is 5.26 Å². The smallest absolute Gasteiger partial charge is 0.242 e. The third-order valence-electron chi connectivity index (χ3n) is 8.24. The van der Waals surface area contributed by atoms with E-state index in [9.17, 15) is 14.9 Å². The number of hydrogen-bond acceptors (Lipinski definition) is 9. The fraction of sp³-hybridized carbons (Fsp3) is 0.609. The number of carbonyl (C=O) groups is 2. The van der Waals surface area contributed by atoms with Gasteiger partial charge in [-0.2, -0.15) is 11.2 Å². The Bertz CT molecular complexity index is 1060. The summed E-state index contributed by atoms with van der Waals surface area (Å²) in [5, 5.41) is 9.40. The van der Waals surface area contributed by atoms with Gasteiger partial charge in [0.2, 0.25) is 11.8 Å². The molecule has 10 nitrogen and oxygen atoms in total. The summed E-state index contributed by atoms with van der Waals surface area (Å²) in [6, 6.07) is 7.43. The van der Waals surface area contributed by atoms with Crippen molar-refractivity contribution >= 4 is 23.9 Å². The Morgan fingerprint density at radius 2 is 2.15 bits per heavy atom. The number of amides is 2. The van der Waals surface area contributed by atoms with Crippen molar-refractivity contribution in [2.75, 3.05) is 13.1 Å². The molecule has 11 heteroatoms. The predicted molar refractivity (Wildman–Crippen MR) is 121 cm³/mol. The van der Waals surface area contributed by atoms with Crippen molar-refractivity contribution in [2.45, 2.75) is 73.3 Å². The van der Waals surface area contributed by atoms with E-state index in [0.29, 0.717) is 12.5 Å². The maximum Gasteiger partial charge on any atom is 0.242 e. The van der Waals surface area contributed by atoms with Crippen LogP contribution < -0.4 is 11.6 Å². The van der Waals surface area contributed by atoms with Gasteiger partial charge in [0.25, 0.3) is 0 Å². The first-order valence-corrected chi connectivity index (χ1v) is 12.6. The highest BCUT2D eigenvalue weighted by atomic mass is 32.2. The van der Waals surface area contributed by atoms with E-state index < -0.39 is 6.04 Å². The molecule has 5 aliphatic rings. The molecule has 3 saturated heterocycles. The number of likely N-dealkylation sites (tertiary alicyclic amines) is 3. The molecule has 1 aromatic rings. The molecule has 3 aliphatic heterocycles. The lowest BCUT2D eigenvalue weighted by Gasteiger charge is -2.38. The van der Waals surface area contributed by atoms with E-state index >= 15 is 0 Å². The minimum Gasteiger partial charge on any atom is -0.330 e. The number of nitrogens with zero attached hydrogens (tertiary/aromatic N) is 4. The summed E-state index contributed by atoms with van der Waals surface area (Å²) >= 11 is 1.06. The van der Waals surface area contributed by atoms with E-state index in [1.165, 1.54) is 11.1 Å².